The maximum absolute atomic E-state index is 5.62. The fourth-order valence-corrected chi connectivity index (χ4v) is 1.58. The van der Waals surface area contributed by atoms with Crippen molar-refractivity contribution in [3.05, 3.63) is 23.9 Å². The van der Waals surface area contributed by atoms with E-state index < -0.39 is 0 Å². The number of nitrogens with zero attached hydrogens (tertiary/aromatic N) is 1. The van der Waals surface area contributed by atoms with E-state index >= 15 is 0 Å². The average Bonchev–Trinajstić information content (AvgIpc) is 2.34. The second kappa shape index (κ2) is 8.11. The molecule has 90 valence electrons. The first kappa shape index (κ1) is 13.0. The molecule has 0 saturated carbocycles. The Labute approximate surface area is 98.0 Å². The Balaban J connectivity index is 2.21. The first-order valence-corrected chi connectivity index (χ1v) is 6.15. The molecule has 0 aliphatic carbocycles. The molecule has 16 heavy (non-hydrogen) atoms. The van der Waals surface area contributed by atoms with Crippen LogP contribution >= 0.6 is 0 Å². The number of pyridine rings is 1. The number of rotatable bonds is 8. The molecule has 0 aliphatic heterocycles. The summed E-state index contributed by atoms with van der Waals surface area (Å²) in [6.45, 7) is 3.45. The Bertz CT molecular complexity index is 289. The Morgan fingerprint density at radius 3 is 2.81 bits per heavy atom. The molecule has 0 spiro atoms. The molecular weight excluding hydrogens is 200 g/mol. The molecule has 0 atom stereocenters. The zero-order valence-corrected chi connectivity index (χ0v) is 10.1. The van der Waals surface area contributed by atoms with Gasteiger partial charge in [0, 0.05) is 18.3 Å². The summed E-state index contributed by atoms with van der Waals surface area (Å²) in [6.07, 6.45) is 7.96. The van der Waals surface area contributed by atoms with Crippen molar-refractivity contribution < 1.29 is 4.74 Å². The van der Waals surface area contributed by atoms with Crippen molar-refractivity contribution in [2.75, 3.05) is 6.61 Å². The van der Waals surface area contributed by atoms with Gasteiger partial charge in [-0.2, -0.15) is 0 Å². The maximum atomic E-state index is 5.62. The normalized spacial score (nSPS) is 10.4. The summed E-state index contributed by atoms with van der Waals surface area (Å²) in [5.41, 5.74) is 6.58. The highest BCUT2D eigenvalue weighted by Gasteiger charge is 2.01. The van der Waals surface area contributed by atoms with Crippen LogP contribution in [0.5, 0.6) is 5.88 Å². The van der Waals surface area contributed by atoms with Gasteiger partial charge in [0.1, 0.15) is 0 Å². The third-order valence-corrected chi connectivity index (χ3v) is 2.56. The number of unbranched alkanes of at least 4 members (excludes halogenated alkanes) is 4. The lowest BCUT2D eigenvalue weighted by atomic mass is 10.2. The Kier molecular flexibility index (Phi) is 6.58. The first-order valence-electron chi connectivity index (χ1n) is 6.15. The van der Waals surface area contributed by atoms with Crippen molar-refractivity contribution in [3.63, 3.8) is 0 Å². The van der Waals surface area contributed by atoms with Gasteiger partial charge in [0.2, 0.25) is 5.88 Å². The quantitative estimate of drug-likeness (QED) is 0.688. The number of ether oxygens (including phenoxy) is 1. The number of hydrogen-bond acceptors (Lipinski definition) is 3. The van der Waals surface area contributed by atoms with Gasteiger partial charge < -0.3 is 10.5 Å². The molecule has 1 aromatic rings. The second-order valence-corrected chi connectivity index (χ2v) is 3.93. The number of hydrogen-bond donors (Lipinski definition) is 1. The molecule has 1 rings (SSSR count). The average molecular weight is 222 g/mol. The van der Waals surface area contributed by atoms with Crippen LogP contribution in [0.25, 0.3) is 0 Å². The van der Waals surface area contributed by atoms with Gasteiger partial charge >= 0.3 is 0 Å². The molecule has 2 N–H and O–H groups in total. The molecule has 0 unspecified atom stereocenters. The van der Waals surface area contributed by atoms with E-state index in [-0.39, 0.29) is 0 Å². The van der Waals surface area contributed by atoms with E-state index in [1.54, 1.807) is 6.20 Å². The molecule has 0 bridgehead atoms. The third kappa shape index (κ3) is 4.62. The van der Waals surface area contributed by atoms with E-state index in [9.17, 15) is 0 Å². The van der Waals surface area contributed by atoms with Crippen LogP contribution in [0.2, 0.25) is 0 Å². The Hall–Kier alpha value is -1.09. The highest BCUT2D eigenvalue weighted by molar-refractivity contribution is 5.24. The van der Waals surface area contributed by atoms with Crippen molar-refractivity contribution in [2.45, 2.75) is 45.6 Å². The summed E-state index contributed by atoms with van der Waals surface area (Å²) in [5.74, 6) is 0.695. The van der Waals surface area contributed by atoms with Gasteiger partial charge in [0.25, 0.3) is 0 Å². The van der Waals surface area contributed by atoms with Crippen LogP contribution in [-0.2, 0) is 6.54 Å². The van der Waals surface area contributed by atoms with Gasteiger partial charge in [-0.15, -0.1) is 0 Å². The van der Waals surface area contributed by atoms with Gasteiger partial charge in [0.15, 0.2) is 0 Å². The van der Waals surface area contributed by atoms with Crippen LogP contribution in [0.1, 0.15) is 44.6 Å². The van der Waals surface area contributed by atoms with Crippen LogP contribution < -0.4 is 10.5 Å². The summed E-state index contributed by atoms with van der Waals surface area (Å²) in [6, 6.07) is 3.84. The van der Waals surface area contributed by atoms with Crippen molar-refractivity contribution in [3.8, 4) is 5.88 Å². The van der Waals surface area contributed by atoms with E-state index in [1.165, 1.54) is 25.7 Å². The lowest BCUT2D eigenvalue weighted by Gasteiger charge is -2.08. The highest BCUT2D eigenvalue weighted by atomic mass is 16.5. The summed E-state index contributed by atoms with van der Waals surface area (Å²) < 4.78 is 5.62. The van der Waals surface area contributed by atoms with Crippen LogP contribution in [-0.4, -0.2) is 11.6 Å². The summed E-state index contributed by atoms with van der Waals surface area (Å²) in [4.78, 5) is 4.18. The van der Waals surface area contributed by atoms with Crippen LogP contribution in [0.4, 0.5) is 0 Å². The molecule has 0 radical (unpaired) electrons. The molecule has 0 aromatic carbocycles. The predicted molar refractivity (Wildman–Crippen MR) is 66.4 cm³/mol. The highest BCUT2D eigenvalue weighted by Crippen LogP contribution is 2.13. The SMILES string of the molecule is CCCCCCCOc1ncccc1CN. The summed E-state index contributed by atoms with van der Waals surface area (Å²) in [7, 11) is 0. The van der Waals surface area contributed by atoms with Gasteiger partial charge in [0.05, 0.1) is 6.61 Å². The van der Waals surface area contributed by atoms with Crippen molar-refractivity contribution >= 4 is 0 Å². The van der Waals surface area contributed by atoms with Crippen molar-refractivity contribution in [1.29, 1.82) is 0 Å². The molecule has 0 aliphatic rings. The van der Waals surface area contributed by atoms with E-state index in [4.69, 9.17) is 10.5 Å². The first-order chi connectivity index (χ1) is 7.88. The summed E-state index contributed by atoms with van der Waals surface area (Å²) in [5, 5.41) is 0. The minimum Gasteiger partial charge on any atom is -0.477 e. The molecule has 0 fully saturated rings. The largest absolute Gasteiger partial charge is 0.477 e. The zero-order chi connectivity index (χ0) is 11.6. The monoisotopic (exact) mass is 222 g/mol. The lowest BCUT2D eigenvalue weighted by Crippen LogP contribution is -2.05. The maximum Gasteiger partial charge on any atom is 0.217 e. The van der Waals surface area contributed by atoms with E-state index in [1.807, 2.05) is 12.1 Å². The molecule has 0 saturated heterocycles. The smallest absolute Gasteiger partial charge is 0.217 e. The van der Waals surface area contributed by atoms with Gasteiger partial charge in [-0.25, -0.2) is 4.98 Å². The third-order valence-electron chi connectivity index (χ3n) is 2.56. The topological polar surface area (TPSA) is 48.1 Å². The summed E-state index contributed by atoms with van der Waals surface area (Å²) >= 11 is 0. The fraction of sp³-hybridized carbons (Fsp3) is 0.615. The predicted octanol–water partition coefficient (Wildman–Crippen LogP) is 2.89. The Morgan fingerprint density at radius 1 is 1.25 bits per heavy atom. The van der Waals surface area contributed by atoms with Crippen LogP contribution in [0.15, 0.2) is 18.3 Å². The molecule has 3 heteroatoms. The Morgan fingerprint density at radius 2 is 2.06 bits per heavy atom. The fourth-order valence-electron chi connectivity index (χ4n) is 1.58. The molecule has 0 amide bonds. The zero-order valence-electron chi connectivity index (χ0n) is 10.1. The van der Waals surface area contributed by atoms with Gasteiger partial charge in [-0.3, -0.25) is 0 Å². The van der Waals surface area contributed by atoms with Crippen LogP contribution in [0, 0.1) is 0 Å². The van der Waals surface area contributed by atoms with Gasteiger partial charge in [-0.1, -0.05) is 38.7 Å². The van der Waals surface area contributed by atoms with Crippen molar-refractivity contribution in [1.82, 2.24) is 4.98 Å². The van der Waals surface area contributed by atoms with E-state index in [0.29, 0.717) is 12.4 Å². The number of aromatic nitrogens is 1. The van der Waals surface area contributed by atoms with Crippen molar-refractivity contribution in [2.24, 2.45) is 5.73 Å². The van der Waals surface area contributed by atoms with Crippen LogP contribution in [0.3, 0.4) is 0 Å². The standard InChI is InChI=1S/C13H22N2O/c1-2-3-4-5-6-10-16-13-12(11-14)8-7-9-15-13/h7-9H,2-6,10-11,14H2,1H3. The second-order valence-electron chi connectivity index (χ2n) is 3.93. The van der Waals surface area contributed by atoms with E-state index in [2.05, 4.69) is 11.9 Å². The van der Waals surface area contributed by atoms with E-state index in [0.717, 1.165) is 18.6 Å². The number of nitrogens with two attached hydrogens (primary N) is 1. The lowest BCUT2D eigenvalue weighted by molar-refractivity contribution is 0.290. The molecular formula is C13H22N2O. The minimum atomic E-state index is 0.485. The molecule has 3 nitrogen and oxygen atoms in total. The minimum absolute atomic E-state index is 0.485. The molecule has 1 aromatic heterocycles. The van der Waals surface area contributed by atoms with Gasteiger partial charge in [-0.05, 0) is 12.5 Å². The molecule has 1 heterocycles.